The van der Waals surface area contributed by atoms with Crippen molar-refractivity contribution in [3.05, 3.63) is 128 Å². The second-order valence-electron chi connectivity index (χ2n) is 11.8. The van der Waals surface area contributed by atoms with Crippen LogP contribution in [0, 0.1) is 0 Å². The molecule has 1 saturated heterocycles. The molecule has 2 aromatic heterocycles. The van der Waals surface area contributed by atoms with E-state index in [1.165, 1.54) is 0 Å². The number of nitrogens with one attached hydrogen (secondary N) is 1. The molecule has 0 saturated carbocycles. The zero-order chi connectivity index (χ0) is 34.1. The fourth-order valence-electron chi connectivity index (χ4n) is 6.09. The standard InChI is InChI=1S/C38H29Cl4N5O2/c39-29-11-9-23(19-31(29)41)35-21-27(25-5-1-3-7-33(25)44-35)37(48)43-13-14-46-15-17-47(18-16-46)38(49)28-22-36(24-10-12-30(40)32(42)20-24)45-34-8-4-2-6-26(28)34/h1-12,19-22H,13-18H2,(H,43,48). The van der Waals surface area contributed by atoms with Gasteiger partial charge in [-0.25, -0.2) is 9.97 Å². The number of benzene rings is 4. The molecule has 0 aliphatic carbocycles. The van der Waals surface area contributed by atoms with Crippen LogP contribution in [-0.2, 0) is 0 Å². The lowest BCUT2D eigenvalue weighted by atomic mass is 10.0. The van der Waals surface area contributed by atoms with Crippen LogP contribution in [0.3, 0.4) is 0 Å². The van der Waals surface area contributed by atoms with Crippen molar-refractivity contribution in [2.75, 3.05) is 39.3 Å². The van der Waals surface area contributed by atoms with Crippen LogP contribution < -0.4 is 5.32 Å². The second kappa shape index (κ2) is 14.3. The maximum absolute atomic E-state index is 13.9. The van der Waals surface area contributed by atoms with Crippen LogP contribution in [0.4, 0.5) is 0 Å². The molecule has 11 heteroatoms. The molecule has 0 unspecified atom stereocenters. The summed E-state index contributed by atoms with van der Waals surface area (Å²) < 4.78 is 0. The van der Waals surface area contributed by atoms with E-state index in [1.54, 1.807) is 30.3 Å². The highest BCUT2D eigenvalue weighted by atomic mass is 35.5. The number of hydrogen-bond donors (Lipinski definition) is 1. The van der Waals surface area contributed by atoms with Gasteiger partial charge in [0.05, 0.1) is 53.6 Å². The molecule has 0 bridgehead atoms. The SMILES string of the molecule is O=C(NCCN1CCN(C(=O)c2cc(-c3ccc(Cl)c(Cl)c3)nc3ccccc23)CC1)c1cc(-c2ccc(Cl)c(Cl)c2)nc2ccccc12. The number of halogens is 4. The van der Waals surface area contributed by atoms with Crippen LogP contribution in [0.5, 0.6) is 0 Å². The van der Waals surface area contributed by atoms with Crippen LogP contribution in [0.2, 0.25) is 20.1 Å². The number of aromatic nitrogens is 2. The average molecular weight is 729 g/mol. The fourth-order valence-corrected chi connectivity index (χ4v) is 6.69. The monoisotopic (exact) mass is 727 g/mol. The molecule has 246 valence electrons. The highest BCUT2D eigenvalue weighted by molar-refractivity contribution is 6.42. The fraction of sp³-hybridized carbons (Fsp3) is 0.158. The van der Waals surface area contributed by atoms with Crippen LogP contribution in [0.15, 0.2) is 97.1 Å². The third-order valence-electron chi connectivity index (χ3n) is 8.71. The number of nitrogens with zero attached hydrogens (tertiary/aromatic N) is 4. The smallest absolute Gasteiger partial charge is 0.254 e. The largest absolute Gasteiger partial charge is 0.351 e. The van der Waals surface area contributed by atoms with E-state index in [1.807, 2.05) is 71.6 Å². The summed E-state index contributed by atoms with van der Waals surface area (Å²) in [6.45, 7) is 3.60. The molecule has 3 heterocycles. The zero-order valence-corrected chi connectivity index (χ0v) is 29.1. The Morgan fingerprint density at radius 3 is 1.67 bits per heavy atom. The van der Waals surface area contributed by atoms with Crippen LogP contribution in [0.1, 0.15) is 20.7 Å². The van der Waals surface area contributed by atoms with Gasteiger partial charge in [0.2, 0.25) is 0 Å². The van der Waals surface area contributed by atoms with Crippen LogP contribution in [-0.4, -0.2) is 70.9 Å². The van der Waals surface area contributed by atoms with Gasteiger partial charge in [0.1, 0.15) is 0 Å². The number of piperazine rings is 1. The Bertz CT molecular complexity index is 2230. The lowest BCUT2D eigenvalue weighted by molar-refractivity contribution is 0.0640. The van der Waals surface area contributed by atoms with Gasteiger partial charge in [-0.2, -0.15) is 0 Å². The number of fused-ring (bicyclic) bond motifs is 2. The zero-order valence-electron chi connectivity index (χ0n) is 26.1. The normalized spacial score (nSPS) is 13.6. The predicted molar refractivity (Wildman–Crippen MR) is 199 cm³/mol. The Hall–Kier alpha value is -4.24. The number of carbonyl (C=O) groups excluding carboxylic acids is 2. The maximum atomic E-state index is 13.9. The van der Waals surface area contributed by atoms with Crippen LogP contribution in [0.25, 0.3) is 44.3 Å². The first kappa shape index (κ1) is 33.3. The van der Waals surface area contributed by atoms with Gasteiger partial charge in [-0.05, 0) is 48.5 Å². The van der Waals surface area contributed by atoms with Gasteiger partial charge in [0, 0.05) is 61.2 Å². The quantitative estimate of drug-likeness (QED) is 0.178. The second-order valence-corrected chi connectivity index (χ2v) is 13.4. The summed E-state index contributed by atoms with van der Waals surface area (Å²) in [4.78, 5) is 41.1. The molecule has 1 fully saturated rings. The van der Waals surface area contributed by atoms with E-state index in [4.69, 9.17) is 56.4 Å². The van der Waals surface area contributed by atoms with Gasteiger partial charge in [0.15, 0.2) is 0 Å². The summed E-state index contributed by atoms with van der Waals surface area (Å²) in [5.41, 5.74) is 5.41. The molecule has 7 rings (SSSR count). The Morgan fingerprint density at radius 1 is 0.612 bits per heavy atom. The van der Waals surface area contributed by atoms with Crippen molar-refractivity contribution in [1.29, 1.82) is 0 Å². The summed E-state index contributed by atoms with van der Waals surface area (Å²) in [7, 11) is 0. The average Bonchev–Trinajstić information content (AvgIpc) is 3.13. The van der Waals surface area contributed by atoms with E-state index in [-0.39, 0.29) is 11.8 Å². The van der Waals surface area contributed by atoms with Crippen molar-refractivity contribution in [3.8, 4) is 22.5 Å². The third kappa shape index (κ3) is 7.09. The number of pyridine rings is 2. The number of carbonyl (C=O) groups is 2. The Balaban J connectivity index is 1.01. The maximum Gasteiger partial charge on any atom is 0.254 e. The van der Waals surface area contributed by atoms with E-state index >= 15 is 0 Å². The Kier molecular flexibility index (Phi) is 9.72. The van der Waals surface area contributed by atoms with Gasteiger partial charge >= 0.3 is 0 Å². The summed E-state index contributed by atoms with van der Waals surface area (Å²) in [5, 5.41) is 6.41. The molecule has 6 aromatic rings. The van der Waals surface area contributed by atoms with E-state index in [0.29, 0.717) is 87.4 Å². The van der Waals surface area contributed by atoms with Crippen molar-refractivity contribution in [2.45, 2.75) is 0 Å². The molecule has 7 nitrogen and oxygen atoms in total. The first-order valence-corrected chi connectivity index (χ1v) is 17.3. The topological polar surface area (TPSA) is 78.4 Å². The number of rotatable bonds is 7. The molecule has 4 aromatic carbocycles. The van der Waals surface area contributed by atoms with E-state index in [0.717, 1.165) is 27.4 Å². The van der Waals surface area contributed by atoms with Crippen LogP contribution >= 0.6 is 46.4 Å². The summed E-state index contributed by atoms with van der Waals surface area (Å²) >= 11 is 24.8. The molecule has 0 radical (unpaired) electrons. The highest BCUT2D eigenvalue weighted by Gasteiger charge is 2.25. The molecule has 0 atom stereocenters. The minimum absolute atomic E-state index is 0.0461. The lowest BCUT2D eigenvalue weighted by Crippen LogP contribution is -2.50. The predicted octanol–water partition coefficient (Wildman–Crippen LogP) is 8.92. The van der Waals surface area contributed by atoms with Gasteiger partial charge in [-0.15, -0.1) is 0 Å². The van der Waals surface area contributed by atoms with Gasteiger partial charge < -0.3 is 10.2 Å². The number of para-hydroxylation sites is 2. The van der Waals surface area contributed by atoms with Crippen molar-refractivity contribution in [2.24, 2.45) is 0 Å². The minimum Gasteiger partial charge on any atom is -0.351 e. The minimum atomic E-state index is -0.184. The lowest BCUT2D eigenvalue weighted by Gasteiger charge is -2.35. The summed E-state index contributed by atoms with van der Waals surface area (Å²) in [6, 6.07) is 29.5. The van der Waals surface area contributed by atoms with Crippen molar-refractivity contribution in [3.63, 3.8) is 0 Å². The molecule has 0 spiro atoms. The molecular weight excluding hydrogens is 700 g/mol. The van der Waals surface area contributed by atoms with Gasteiger partial charge in [-0.1, -0.05) is 94.9 Å². The first-order valence-electron chi connectivity index (χ1n) is 15.8. The van der Waals surface area contributed by atoms with Gasteiger partial charge in [-0.3, -0.25) is 14.5 Å². The van der Waals surface area contributed by atoms with E-state index in [2.05, 4.69) is 10.2 Å². The van der Waals surface area contributed by atoms with Crippen molar-refractivity contribution in [1.82, 2.24) is 25.1 Å². The molecule has 1 aliphatic heterocycles. The van der Waals surface area contributed by atoms with E-state index in [9.17, 15) is 9.59 Å². The highest BCUT2D eigenvalue weighted by Crippen LogP contribution is 2.32. The van der Waals surface area contributed by atoms with Gasteiger partial charge in [0.25, 0.3) is 11.8 Å². The summed E-state index contributed by atoms with van der Waals surface area (Å²) in [5.74, 6) is -0.230. The molecular formula is C38H29Cl4N5O2. The van der Waals surface area contributed by atoms with Crippen molar-refractivity contribution < 1.29 is 9.59 Å². The third-order valence-corrected chi connectivity index (χ3v) is 10.2. The molecule has 2 amide bonds. The molecule has 49 heavy (non-hydrogen) atoms. The number of amides is 2. The number of hydrogen-bond acceptors (Lipinski definition) is 5. The van der Waals surface area contributed by atoms with E-state index < -0.39 is 0 Å². The Morgan fingerprint density at radius 2 is 1.12 bits per heavy atom. The first-order chi connectivity index (χ1) is 23.7. The Labute approximate surface area is 303 Å². The van der Waals surface area contributed by atoms with Crippen molar-refractivity contribution >= 4 is 80.0 Å². The molecule has 1 N–H and O–H groups in total. The summed E-state index contributed by atoms with van der Waals surface area (Å²) in [6.07, 6.45) is 0. The molecule has 1 aliphatic rings.